The van der Waals surface area contributed by atoms with Crippen LogP contribution in [0.3, 0.4) is 0 Å². The maximum absolute atomic E-state index is 13.0. The standard InChI is InChI=1S/C19H13BrF3N3O/c1-11-16-8-13(19(21,22)23)3-2-12(16)6-7-25(11)18(27)17-9-15-5-4-14(20)10-26(15)24-17/h2-11H,1H3. The van der Waals surface area contributed by atoms with Crippen molar-refractivity contribution in [1.82, 2.24) is 14.5 Å². The first-order valence-corrected chi connectivity index (χ1v) is 8.90. The molecule has 27 heavy (non-hydrogen) atoms. The van der Waals surface area contributed by atoms with E-state index in [0.717, 1.165) is 22.1 Å². The average molecular weight is 436 g/mol. The Morgan fingerprint density at radius 3 is 2.70 bits per heavy atom. The Bertz CT molecular complexity index is 1090. The summed E-state index contributed by atoms with van der Waals surface area (Å²) in [5.41, 5.74) is 1.36. The van der Waals surface area contributed by atoms with Gasteiger partial charge in [0.05, 0.1) is 17.1 Å². The highest BCUT2D eigenvalue weighted by Gasteiger charge is 2.33. The zero-order valence-corrected chi connectivity index (χ0v) is 15.6. The number of carbonyl (C=O) groups is 1. The molecule has 0 bridgehead atoms. The van der Waals surface area contributed by atoms with Gasteiger partial charge in [0.1, 0.15) is 0 Å². The molecule has 3 aromatic rings. The molecule has 3 heterocycles. The molecular weight excluding hydrogens is 423 g/mol. The molecule has 1 aliphatic heterocycles. The first-order valence-electron chi connectivity index (χ1n) is 8.11. The number of benzene rings is 1. The van der Waals surface area contributed by atoms with Gasteiger partial charge in [0, 0.05) is 16.9 Å². The van der Waals surface area contributed by atoms with E-state index < -0.39 is 17.8 Å². The van der Waals surface area contributed by atoms with Crippen LogP contribution in [0.1, 0.15) is 40.1 Å². The minimum absolute atomic E-state index is 0.222. The molecule has 0 saturated carbocycles. The Labute approximate surface area is 161 Å². The summed E-state index contributed by atoms with van der Waals surface area (Å²) in [4.78, 5) is 14.3. The van der Waals surface area contributed by atoms with E-state index in [1.165, 1.54) is 11.0 Å². The van der Waals surface area contributed by atoms with Gasteiger partial charge in [-0.3, -0.25) is 4.79 Å². The third-order valence-electron chi connectivity index (χ3n) is 4.57. The number of nitrogens with zero attached hydrogens (tertiary/aromatic N) is 3. The molecule has 0 saturated heterocycles. The van der Waals surface area contributed by atoms with E-state index in [4.69, 9.17) is 0 Å². The van der Waals surface area contributed by atoms with Gasteiger partial charge in [0.2, 0.25) is 0 Å². The Hall–Kier alpha value is -2.61. The molecule has 0 fully saturated rings. The van der Waals surface area contributed by atoms with Crippen molar-refractivity contribution in [1.29, 1.82) is 0 Å². The zero-order chi connectivity index (χ0) is 19.3. The summed E-state index contributed by atoms with van der Waals surface area (Å²) in [6.45, 7) is 1.70. The van der Waals surface area contributed by atoms with E-state index in [1.807, 2.05) is 12.1 Å². The Balaban J connectivity index is 1.70. The van der Waals surface area contributed by atoms with Gasteiger partial charge >= 0.3 is 6.18 Å². The highest BCUT2D eigenvalue weighted by atomic mass is 79.9. The summed E-state index contributed by atoms with van der Waals surface area (Å²) in [6, 6.07) is 8.33. The molecule has 4 nitrogen and oxygen atoms in total. The van der Waals surface area contributed by atoms with E-state index in [2.05, 4.69) is 21.0 Å². The lowest BCUT2D eigenvalue weighted by Crippen LogP contribution is -2.31. The smallest absolute Gasteiger partial charge is 0.306 e. The number of aromatic nitrogens is 2. The lowest BCUT2D eigenvalue weighted by atomic mass is 9.94. The SMILES string of the molecule is CC1c2cc(C(F)(F)F)ccc2C=CN1C(=O)c1cc2ccc(Br)cn2n1. The van der Waals surface area contributed by atoms with Crippen LogP contribution in [0, 0.1) is 0 Å². The second kappa shape index (κ2) is 6.23. The van der Waals surface area contributed by atoms with Crippen LogP contribution in [0.4, 0.5) is 13.2 Å². The van der Waals surface area contributed by atoms with Crippen LogP contribution in [0.5, 0.6) is 0 Å². The number of hydrogen-bond acceptors (Lipinski definition) is 2. The normalized spacial score (nSPS) is 16.6. The Morgan fingerprint density at radius 2 is 1.96 bits per heavy atom. The van der Waals surface area contributed by atoms with Gasteiger partial charge in [-0.2, -0.15) is 18.3 Å². The van der Waals surface area contributed by atoms with Crippen molar-refractivity contribution in [2.24, 2.45) is 0 Å². The number of halogens is 4. The fourth-order valence-electron chi connectivity index (χ4n) is 3.15. The van der Waals surface area contributed by atoms with Crippen molar-refractivity contribution in [3.8, 4) is 0 Å². The van der Waals surface area contributed by atoms with E-state index in [0.29, 0.717) is 11.1 Å². The lowest BCUT2D eigenvalue weighted by Gasteiger charge is -2.30. The first kappa shape index (κ1) is 17.8. The zero-order valence-electron chi connectivity index (χ0n) is 14.0. The van der Waals surface area contributed by atoms with E-state index in [9.17, 15) is 18.0 Å². The number of hydrogen-bond donors (Lipinski definition) is 0. The summed E-state index contributed by atoms with van der Waals surface area (Å²) < 4.78 is 41.5. The Kier molecular flexibility index (Phi) is 4.10. The number of fused-ring (bicyclic) bond motifs is 2. The van der Waals surface area contributed by atoms with Gasteiger partial charge in [-0.05, 0) is 70.4 Å². The van der Waals surface area contributed by atoms with Gasteiger partial charge in [0.15, 0.2) is 5.69 Å². The lowest BCUT2D eigenvalue weighted by molar-refractivity contribution is -0.137. The van der Waals surface area contributed by atoms with Crippen molar-refractivity contribution < 1.29 is 18.0 Å². The fourth-order valence-corrected chi connectivity index (χ4v) is 3.47. The van der Waals surface area contributed by atoms with Crippen LogP contribution < -0.4 is 0 Å². The summed E-state index contributed by atoms with van der Waals surface area (Å²) >= 11 is 3.35. The maximum atomic E-state index is 13.0. The van der Waals surface area contributed by atoms with E-state index in [1.54, 1.807) is 36.0 Å². The number of alkyl halides is 3. The predicted molar refractivity (Wildman–Crippen MR) is 98.0 cm³/mol. The minimum atomic E-state index is -4.43. The average Bonchev–Trinajstić information content (AvgIpc) is 3.03. The molecule has 1 amide bonds. The molecular formula is C19H13BrF3N3O. The molecule has 2 aromatic heterocycles. The molecule has 1 unspecified atom stereocenters. The molecule has 1 aliphatic rings. The van der Waals surface area contributed by atoms with Gasteiger partial charge in [0.25, 0.3) is 5.91 Å². The molecule has 4 rings (SSSR count). The summed E-state index contributed by atoms with van der Waals surface area (Å²) in [7, 11) is 0. The van der Waals surface area contributed by atoms with Crippen LogP contribution >= 0.6 is 15.9 Å². The number of amides is 1. The van der Waals surface area contributed by atoms with E-state index >= 15 is 0 Å². The summed E-state index contributed by atoms with van der Waals surface area (Å²) in [6.07, 6.45) is 0.522. The quantitative estimate of drug-likeness (QED) is 0.519. The highest BCUT2D eigenvalue weighted by molar-refractivity contribution is 9.10. The third-order valence-corrected chi connectivity index (χ3v) is 5.04. The van der Waals surface area contributed by atoms with Crippen molar-refractivity contribution in [2.45, 2.75) is 19.1 Å². The largest absolute Gasteiger partial charge is 0.416 e. The number of carbonyl (C=O) groups excluding carboxylic acids is 1. The van der Waals surface area contributed by atoms with Gasteiger partial charge in [-0.15, -0.1) is 0 Å². The van der Waals surface area contributed by atoms with E-state index in [-0.39, 0.29) is 11.6 Å². The molecule has 0 aliphatic carbocycles. The summed E-state index contributed by atoms with van der Waals surface area (Å²) in [5, 5.41) is 4.28. The monoisotopic (exact) mass is 435 g/mol. The van der Waals surface area contributed by atoms with Crippen molar-refractivity contribution in [3.05, 3.63) is 75.7 Å². The first-order chi connectivity index (χ1) is 12.7. The van der Waals surface area contributed by atoms with Crippen LogP contribution in [0.2, 0.25) is 0 Å². The molecule has 0 radical (unpaired) electrons. The fraction of sp³-hybridized carbons (Fsp3) is 0.158. The van der Waals surface area contributed by atoms with Crippen molar-refractivity contribution >= 4 is 33.4 Å². The van der Waals surface area contributed by atoms with Gasteiger partial charge in [-0.1, -0.05) is 6.07 Å². The minimum Gasteiger partial charge on any atom is -0.306 e. The van der Waals surface area contributed by atoms with Crippen LogP contribution in [-0.2, 0) is 6.18 Å². The predicted octanol–water partition coefficient (Wildman–Crippen LogP) is 5.30. The Morgan fingerprint density at radius 1 is 1.19 bits per heavy atom. The molecule has 0 N–H and O–H groups in total. The molecule has 138 valence electrons. The maximum Gasteiger partial charge on any atom is 0.416 e. The summed E-state index contributed by atoms with van der Waals surface area (Å²) in [5.74, 6) is -0.373. The molecule has 1 atom stereocenters. The second-order valence-electron chi connectivity index (χ2n) is 6.29. The van der Waals surface area contributed by atoms with Crippen LogP contribution in [0.15, 0.2) is 53.3 Å². The van der Waals surface area contributed by atoms with Crippen LogP contribution in [-0.4, -0.2) is 20.4 Å². The third kappa shape index (κ3) is 3.14. The number of pyridine rings is 1. The molecule has 8 heteroatoms. The molecule has 0 spiro atoms. The molecule has 1 aromatic carbocycles. The van der Waals surface area contributed by atoms with Crippen molar-refractivity contribution in [2.75, 3.05) is 0 Å². The van der Waals surface area contributed by atoms with Gasteiger partial charge in [-0.25, -0.2) is 4.52 Å². The van der Waals surface area contributed by atoms with Crippen LogP contribution in [0.25, 0.3) is 11.6 Å². The van der Waals surface area contributed by atoms with Crippen molar-refractivity contribution in [3.63, 3.8) is 0 Å². The second-order valence-corrected chi connectivity index (χ2v) is 7.21. The topological polar surface area (TPSA) is 37.6 Å². The van der Waals surface area contributed by atoms with Gasteiger partial charge < -0.3 is 4.90 Å². The number of rotatable bonds is 1. The highest BCUT2D eigenvalue weighted by Crippen LogP contribution is 2.36.